The first-order valence-electron chi connectivity index (χ1n) is 6.15. The lowest BCUT2D eigenvalue weighted by Crippen LogP contribution is -2.18. The van der Waals surface area contributed by atoms with Crippen LogP contribution in [-0.4, -0.2) is 12.7 Å². The Kier molecular flexibility index (Phi) is 5.79. The minimum atomic E-state index is -4.76. The molecule has 1 aromatic rings. The molecule has 0 atom stereocenters. The second-order valence-corrected chi connectivity index (χ2v) is 4.16. The lowest BCUT2D eigenvalue weighted by molar-refractivity contribution is -0.137. The highest BCUT2D eigenvalue weighted by atomic mass is 19.4. The normalized spacial score (nSPS) is 11.2. The van der Waals surface area contributed by atoms with Crippen molar-refractivity contribution in [1.29, 1.82) is 0 Å². The van der Waals surface area contributed by atoms with Crippen molar-refractivity contribution in [2.75, 3.05) is 11.9 Å². The summed E-state index contributed by atoms with van der Waals surface area (Å²) in [6, 6.07) is 2.01. The van der Waals surface area contributed by atoms with Gasteiger partial charge in [-0.25, -0.2) is 9.18 Å². The van der Waals surface area contributed by atoms with Crippen LogP contribution in [0.5, 0.6) is 0 Å². The molecule has 0 fully saturated rings. The van der Waals surface area contributed by atoms with E-state index in [0.717, 1.165) is 25.0 Å². The largest absolute Gasteiger partial charge is 0.449 e. The Morgan fingerprint density at radius 1 is 1.30 bits per heavy atom. The predicted octanol–water partition coefficient (Wildman–Crippen LogP) is 4.58. The fraction of sp³-hybridized carbons (Fsp3) is 0.462. The first-order valence-corrected chi connectivity index (χ1v) is 6.15. The van der Waals surface area contributed by atoms with Gasteiger partial charge in [-0.3, -0.25) is 5.32 Å². The van der Waals surface area contributed by atoms with Crippen LogP contribution >= 0.6 is 0 Å². The number of hydrogen-bond donors (Lipinski definition) is 1. The number of rotatable bonds is 5. The minimum absolute atomic E-state index is 0.127. The Hall–Kier alpha value is -1.79. The molecule has 20 heavy (non-hydrogen) atoms. The number of ether oxygens (including phenoxy) is 1. The summed E-state index contributed by atoms with van der Waals surface area (Å²) in [5, 5.41) is 1.97. The third-order valence-corrected chi connectivity index (χ3v) is 2.50. The van der Waals surface area contributed by atoms with Gasteiger partial charge in [0.1, 0.15) is 5.82 Å². The molecule has 0 spiro atoms. The zero-order chi connectivity index (χ0) is 15.2. The van der Waals surface area contributed by atoms with E-state index in [1.165, 1.54) is 0 Å². The van der Waals surface area contributed by atoms with Gasteiger partial charge in [-0.05, 0) is 24.6 Å². The molecule has 3 nitrogen and oxygen atoms in total. The highest BCUT2D eigenvalue weighted by Gasteiger charge is 2.34. The number of alkyl halides is 3. The Morgan fingerprint density at radius 2 is 2.00 bits per heavy atom. The molecule has 112 valence electrons. The summed E-state index contributed by atoms with van der Waals surface area (Å²) in [7, 11) is 0. The van der Waals surface area contributed by atoms with Crippen LogP contribution in [0.1, 0.15) is 31.7 Å². The van der Waals surface area contributed by atoms with E-state index in [9.17, 15) is 22.4 Å². The Balaban J connectivity index is 2.70. The number of nitrogens with one attached hydrogen (secondary N) is 1. The quantitative estimate of drug-likeness (QED) is 0.637. The fourth-order valence-electron chi connectivity index (χ4n) is 1.52. The number of hydrogen-bond acceptors (Lipinski definition) is 2. The molecule has 0 bridgehead atoms. The van der Waals surface area contributed by atoms with Crippen LogP contribution < -0.4 is 5.32 Å². The second kappa shape index (κ2) is 7.12. The van der Waals surface area contributed by atoms with Gasteiger partial charge in [-0.1, -0.05) is 19.8 Å². The highest BCUT2D eigenvalue weighted by Crippen LogP contribution is 2.35. The highest BCUT2D eigenvalue weighted by molar-refractivity contribution is 5.85. The molecule has 0 aliphatic heterocycles. The molecular weight excluding hydrogens is 278 g/mol. The number of carbonyl (C=O) groups excluding carboxylic acids is 1. The maximum atomic E-state index is 12.9. The minimum Gasteiger partial charge on any atom is -0.449 e. The summed E-state index contributed by atoms with van der Waals surface area (Å²) < 4.78 is 55.6. The SMILES string of the molecule is CCCCCOC(=O)Nc1ccc(F)cc1C(F)(F)F. The van der Waals surface area contributed by atoms with Crippen molar-refractivity contribution in [3.63, 3.8) is 0 Å². The molecule has 0 saturated carbocycles. The van der Waals surface area contributed by atoms with Gasteiger partial charge in [0.2, 0.25) is 0 Å². The smallest absolute Gasteiger partial charge is 0.418 e. The predicted molar refractivity (Wildman–Crippen MR) is 65.9 cm³/mol. The zero-order valence-corrected chi connectivity index (χ0v) is 10.9. The van der Waals surface area contributed by atoms with Gasteiger partial charge >= 0.3 is 12.3 Å². The molecule has 0 unspecified atom stereocenters. The van der Waals surface area contributed by atoms with Crippen LogP contribution in [0.25, 0.3) is 0 Å². The lowest BCUT2D eigenvalue weighted by atomic mass is 10.1. The van der Waals surface area contributed by atoms with Crippen LogP contribution in [0, 0.1) is 5.82 Å². The average molecular weight is 293 g/mol. The molecule has 0 aliphatic rings. The van der Waals surface area contributed by atoms with Crippen LogP contribution in [0.2, 0.25) is 0 Å². The lowest BCUT2D eigenvalue weighted by Gasteiger charge is -2.13. The van der Waals surface area contributed by atoms with Crippen LogP contribution in [0.3, 0.4) is 0 Å². The van der Waals surface area contributed by atoms with Crippen LogP contribution in [-0.2, 0) is 10.9 Å². The summed E-state index contributed by atoms with van der Waals surface area (Å²) in [5.74, 6) is -1.03. The van der Waals surface area contributed by atoms with Crippen molar-refractivity contribution in [3.05, 3.63) is 29.6 Å². The number of halogens is 4. The van der Waals surface area contributed by atoms with E-state index in [2.05, 4.69) is 0 Å². The van der Waals surface area contributed by atoms with Gasteiger partial charge in [0, 0.05) is 0 Å². The van der Waals surface area contributed by atoms with Gasteiger partial charge in [0.25, 0.3) is 0 Å². The van der Waals surface area contributed by atoms with E-state index in [1.807, 2.05) is 12.2 Å². The maximum Gasteiger partial charge on any atom is 0.418 e. The van der Waals surface area contributed by atoms with Gasteiger partial charge < -0.3 is 4.74 Å². The van der Waals surface area contributed by atoms with Crippen molar-refractivity contribution >= 4 is 11.8 Å². The Labute approximate surface area is 113 Å². The van der Waals surface area contributed by atoms with E-state index < -0.39 is 29.3 Å². The van der Waals surface area contributed by atoms with Gasteiger partial charge in [0.05, 0.1) is 17.9 Å². The third-order valence-electron chi connectivity index (χ3n) is 2.50. The standard InChI is InChI=1S/C13H15F4NO2/c1-2-3-4-7-20-12(19)18-11-6-5-9(14)8-10(11)13(15,16)17/h5-6,8H,2-4,7H2,1H3,(H,18,19). The van der Waals surface area contributed by atoms with E-state index in [4.69, 9.17) is 4.74 Å². The number of benzene rings is 1. The molecule has 1 aromatic carbocycles. The van der Waals surface area contributed by atoms with Gasteiger partial charge in [0.15, 0.2) is 0 Å². The molecule has 7 heteroatoms. The number of anilines is 1. The molecule has 0 saturated heterocycles. The van der Waals surface area contributed by atoms with Gasteiger partial charge in [-0.15, -0.1) is 0 Å². The first kappa shape index (κ1) is 16.3. The molecule has 1 amide bonds. The maximum absolute atomic E-state index is 12.9. The van der Waals surface area contributed by atoms with E-state index in [-0.39, 0.29) is 6.61 Å². The third kappa shape index (κ3) is 5.07. The van der Waals surface area contributed by atoms with Crippen LogP contribution in [0.15, 0.2) is 18.2 Å². The molecule has 1 N–H and O–H groups in total. The summed E-state index contributed by atoms with van der Waals surface area (Å²) in [6.45, 7) is 2.09. The molecule has 0 aromatic heterocycles. The number of amides is 1. The Bertz CT molecular complexity index is 460. The molecule has 0 aliphatic carbocycles. The van der Waals surface area contributed by atoms with Crippen molar-refractivity contribution in [2.24, 2.45) is 0 Å². The van der Waals surface area contributed by atoms with Crippen molar-refractivity contribution in [2.45, 2.75) is 32.4 Å². The molecule has 0 heterocycles. The summed E-state index contributed by atoms with van der Waals surface area (Å²) in [5.41, 5.74) is -1.78. The van der Waals surface area contributed by atoms with E-state index >= 15 is 0 Å². The zero-order valence-electron chi connectivity index (χ0n) is 10.9. The summed E-state index contributed by atoms with van der Waals surface area (Å²) in [6.07, 6.45) is -3.32. The number of unbranched alkanes of at least 4 members (excludes halogenated alkanes) is 2. The van der Waals surface area contributed by atoms with Crippen LogP contribution in [0.4, 0.5) is 28.0 Å². The fourth-order valence-corrected chi connectivity index (χ4v) is 1.52. The van der Waals surface area contributed by atoms with Crippen molar-refractivity contribution in [3.8, 4) is 0 Å². The van der Waals surface area contributed by atoms with E-state index in [1.54, 1.807) is 0 Å². The topological polar surface area (TPSA) is 38.3 Å². The molecule has 1 rings (SSSR count). The van der Waals surface area contributed by atoms with Crippen molar-refractivity contribution in [1.82, 2.24) is 0 Å². The Morgan fingerprint density at radius 3 is 2.60 bits per heavy atom. The van der Waals surface area contributed by atoms with Crippen molar-refractivity contribution < 1.29 is 27.1 Å². The summed E-state index contributed by atoms with van der Waals surface area (Å²) in [4.78, 5) is 11.3. The second-order valence-electron chi connectivity index (χ2n) is 4.16. The number of carbonyl (C=O) groups is 1. The molecular formula is C13H15F4NO2. The van der Waals surface area contributed by atoms with Gasteiger partial charge in [-0.2, -0.15) is 13.2 Å². The molecule has 0 radical (unpaired) electrons. The first-order chi connectivity index (χ1) is 9.34. The van der Waals surface area contributed by atoms with E-state index in [0.29, 0.717) is 12.5 Å². The average Bonchev–Trinajstić information content (AvgIpc) is 2.35. The monoisotopic (exact) mass is 293 g/mol. The summed E-state index contributed by atoms with van der Waals surface area (Å²) >= 11 is 0.